The molecule has 1 heterocycles. The van der Waals surface area contributed by atoms with Crippen molar-refractivity contribution in [1.82, 2.24) is 10.6 Å². The third kappa shape index (κ3) is 5.43. The van der Waals surface area contributed by atoms with Gasteiger partial charge in [0.2, 0.25) is 0 Å². The molecule has 92 valence electrons. The normalized spacial score (nSPS) is 10.9. The van der Waals surface area contributed by atoms with Crippen molar-refractivity contribution >= 4 is 27.3 Å². The predicted octanol–water partition coefficient (Wildman–Crippen LogP) is 3.30. The molecule has 0 aliphatic heterocycles. The zero-order chi connectivity index (χ0) is 11.8. The number of rotatable bonds is 8. The molecule has 0 fully saturated rings. The average molecular weight is 305 g/mol. The van der Waals surface area contributed by atoms with Gasteiger partial charge in [-0.1, -0.05) is 6.92 Å². The lowest BCUT2D eigenvalue weighted by Crippen LogP contribution is -2.21. The summed E-state index contributed by atoms with van der Waals surface area (Å²) in [6, 6.07) is 2.25. The van der Waals surface area contributed by atoms with Gasteiger partial charge in [-0.25, -0.2) is 0 Å². The predicted molar refractivity (Wildman–Crippen MR) is 76.2 cm³/mol. The molecule has 0 aliphatic carbocycles. The van der Waals surface area contributed by atoms with Gasteiger partial charge >= 0.3 is 0 Å². The molecule has 0 atom stereocenters. The van der Waals surface area contributed by atoms with Crippen LogP contribution in [0.2, 0.25) is 0 Å². The van der Waals surface area contributed by atoms with Crippen molar-refractivity contribution in [1.29, 1.82) is 0 Å². The molecule has 0 unspecified atom stereocenters. The highest BCUT2D eigenvalue weighted by Gasteiger charge is 2.01. The number of hydrogen-bond acceptors (Lipinski definition) is 3. The zero-order valence-corrected chi connectivity index (χ0v) is 12.5. The Kier molecular flexibility index (Phi) is 7.28. The van der Waals surface area contributed by atoms with E-state index < -0.39 is 0 Å². The summed E-state index contributed by atoms with van der Waals surface area (Å²) in [5.74, 6) is 0. The van der Waals surface area contributed by atoms with Crippen LogP contribution in [0.5, 0.6) is 0 Å². The van der Waals surface area contributed by atoms with Crippen molar-refractivity contribution in [3.8, 4) is 0 Å². The minimum atomic E-state index is 0.991. The van der Waals surface area contributed by atoms with Crippen LogP contribution < -0.4 is 10.6 Å². The van der Waals surface area contributed by atoms with Crippen molar-refractivity contribution in [3.05, 3.63) is 20.3 Å². The highest BCUT2D eigenvalue weighted by atomic mass is 79.9. The molecule has 0 aliphatic rings. The third-order valence-electron chi connectivity index (χ3n) is 2.34. The Morgan fingerprint density at radius 2 is 2.00 bits per heavy atom. The van der Waals surface area contributed by atoms with E-state index in [1.807, 2.05) is 11.3 Å². The second-order valence-electron chi connectivity index (χ2n) is 3.95. The quantitative estimate of drug-likeness (QED) is 0.720. The Morgan fingerprint density at radius 3 is 2.62 bits per heavy atom. The van der Waals surface area contributed by atoms with Crippen molar-refractivity contribution in [3.63, 3.8) is 0 Å². The van der Waals surface area contributed by atoms with Gasteiger partial charge in [-0.2, -0.15) is 0 Å². The van der Waals surface area contributed by atoms with Gasteiger partial charge in [0, 0.05) is 11.4 Å². The molecule has 1 aromatic rings. The maximum Gasteiger partial charge on any atom is 0.0730 e. The summed E-state index contributed by atoms with van der Waals surface area (Å²) < 4.78 is 1.26. The summed E-state index contributed by atoms with van der Waals surface area (Å²) in [6.45, 7) is 8.67. The molecule has 4 heteroatoms. The Morgan fingerprint density at radius 1 is 1.25 bits per heavy atom. The molecule has 0 spiro atoms. The Hall–Kier alpha value is 0.1000. The molecule has 0 saturated heterocycles. The van der Waals surface area contributed by atoms with Crippen molar-refractivity contribution in [2.24, 2.45) is 0 Å². The number of hydrogen-bond donors (Lipinski definition) is 2. The average Bonchev–Trinajstić information content (AvgIpc) is 2.57. The topological polar surface area (TPSA) is 24.1 Å². The lowest BCUT2D eigenvalue weighted by atomic mass is 10.3. The Balaban J connectivity index is 2.03. The van der Waals surface area contributed by atoms with Crippen molar-refractivity contribution in [2.45, 2.75) is 33.2 Å². The molecule has 0 bridgehead atoms. The molecule has 16 heavy (non-hydrogen) atoms. The SMILES string of the molecule is CCCNCCCNCc1cc(C)c(Br)s1. The van der Waals surface area contributed by atoms with Crippen LogP contribution in [0.1, 0.15) is 30.2 Å². The fourth-order valence-corrected chi connectivity index (χ4v) is 3.06. The van der Waals surface area contributed by atoms with Crippen LogP contribution in [0, 0.1) is 6.92 Å². The molecule has 2 nitrogen and oxygen atoms in total. The van der Waals surface area contributed by atoms with Crippen molar-refractivity contribution in [2.75, 3.05) is 19.6 Å². The first-order valence-electron chi connectivity index (χ1n) is 5.90. The first kappa shape index (κ1) is 14.2. The standard InChI is InChI=1S/C12H21BrN2S/c1-3-5-14-6-4-7-15-9-11-8-10(2)12(13)16-11/h8,14-15H,3-7,9H2,1-2H3. The molecule has 1 rings (SSSR count). The van der Waals surface area contributed by atoms with Gasteiger partial charge in [0.15, 0.2) is 0 Å². The molecule has 2 N–H and O–H groups in total. The van der Waals surface area contributed by atoms with Crippen LogP contribution >= 0.6 is 27.3 Å². The summed E-state index contributed by atoms with van der Waals surface area (Å²) in [4.78, 5) is 1.41. The molecule has 0 amide bonds. The van der Waals surface area contributed by atoms with Gasteiger partial charge < -0.3 is 10.6 Å². The smallest absolute Gasteiger partial charge is 0.0730 e. The molecule has 0 radical (unpaired) electrons. The van der Waals surface area contributed by atoms with E-state index in [2.05, 4.69) is 46.5 Å². The lowest BCUT2D eigenvalue weighted by Gasteiger charge is -2.04. The van der Waals surface area contributed by atoms with E-state index in [1.165, 1.54) is 27.1 Å². The van der Waals surface area contributed by atoms with Crippen LogP contribution in [-0.4, -0.2) is 19.6 Å². The Labute approximate surface area is 111 Å². The first-order chi connectivity index (χ1) is 7.74. The van der Waals surface area contributed by atoms with Crippen LogP contribution in [0.3, 0.4) is 0 Å². The maximum absolute atomic E-state index is 3.55. The van der Waals surface area contributed by atoms with Gasteiger partial charge in [-0.15, -0.1) is 11.3 Å². The van der Waals surface area contributed by atoms with Gasteiger partial charge in [0.05, 0.1) is 3.79 Å². The van der Waals surface area contributed by atoms with Crippen LogP contribution in [0.4, 0.5) is 0 Å². The summed E-state index contributed by atoms with van der Waals surface area (Å²) >= 11 is 5.37. The molecule has 0 aromatic carbocycles. The van der Waals surface area contributed by atoms with E-state index in [-0.39, 0.29) is 0 Å². The third-order valence-corrected chi connectivity index (χ3v) is 4.48. The largest absolute Gasteiger partial charge is 0.317 e. The van der Waals surface area contributed by atoms with Crippen LogP contribution in [0.25, 0.3) is 0 Å². The second kappa shape index (κ2) is 8.23. The molecular formula is C12H21BrN2S. The molecular weight excluding hydrogens is 284 g/mol. The number of nitrogens with one attached hydrogen (secondary N) is 2. The summed E-state index contributed by atoms with van der Waals surface area (Å²) in [5.41, 5.74) is 1.34. The van der Waals surface area contributed by atoms with E-state index in [1.54, 1.807) is 0 Å². The van der Waals surface area contributed by atoms with E-state index in [9.17, 15) is 0 Å². The summed E-state index contributed by atoms with van der Waals surface area (Å²) in [5, 5.41) is 6.87. The second-order valence-corrected chi connectivity index (χ2v) is 6.40. The highest BCUT2D eigenvalue weighted by Crippen LogP contribution is 2.26. The van der Waals surface area contributed by atoms with Gasteiger partial charge in [0.25, 0.3) is 0 Å². The summed E-state index contributed by atoms with van der Waals surface area (Å²) in [6.07, 6.45) is 2.42. The number of thiophene rings is 1. The summed E-state index contributed by atoms with van der Waals surface area (Å²) in [7, 11) is 0. The van der Waals surface area contributed by atoms with E-state index in [4.69, 9.17) is 0 Å². The van der Waals surface area contributed by atoms with E-state index >= 15 is 0 Å². The first-order valence-corrected chi connectivity index (χ1v) is 7.51. The van der Waals surface area contributed by atoms with E-state index in [0.717, 1.165) is 26.2 Å². The van der Waals surface area contributed by atoms with Crippen LogP contribution in [-0.2, 0) is 6.54 Å². The van der Waals surface area contributed by atoms with Gasteiger partial charge in [-0.3, -0.25) is 0 Å². The number of halogens is 1. The van der Waals surface area contributed by atoms with Crippen molar-refractivity contribution < 1.29 is 0 Å². The van der Waals surface area contributed by atoms with Crippen LogP contribution in [0.15, 0.2) is 9.85 Å². The molecule has 1 aromatic heterocycles. The maximum atomic E-state index is 3.55. The fourth-order valence-electron chi connectivity index (χ4n) is 1.46. The van der Waals surface area contributed by atoms with Gasteiger partial charge in [-0.05, 0) is 67.0 Å². The minimum Gasteiger partial charge on any atom is -0.317 e. The highest BCUT2D eigenvalue weighted by molar-refractivity contribution is 9.11. The van der Waals surface area contributed by atoms with Gasteiger partial charge in [0.1, 0.15) is 0 Å². The zero-order valence-electron chi connectivity index (χ0n) is 10.1. The minimum absolute atomic E-state index is 0.991. The Bertz CT molecular complexity index is 280. The fraction of sp³-hybridized carbons (Fsp3) is 0.667. The molecule has 0 saturated carbocycles. The van der Waals surface area contributed by atoms with E-state index in [0.29, 0.717) is 0 Å². The lowest BCUT2D eigenvalue weighted by molar-refractivity contribution is 0.594. The number of aryl methyl sites for hydroxylation is 1. The monoisotopic (exact) mass is 304 g/mol.